The van der Waals surface area contributed by atoms with Crippen molar-refractivity contribution in [1.29, 1.82) is 0 Å². The van der Waals surface area contributed by atoms with Crippen LogP contribution in [-0.2, 0) is 16.2 Å². The Hall–Kier alpha value is -3.43. The zero-order chi connectivity index (χ0) is 26.2. The number of nitrogens with zero attached hydrogens (tertiary/aromatic N) is 1. The van der Waals surface area contributed by atoms with E-state index < -0.39 is 5.97 Å². The van der Waals surface area contributed by atoms with Crippen LogP contribution in [0.5, 0.6) is 5.75 Å². The number of amides is 1. The molecule has 1 saturated heterocycles. The Morgan fingerprint density at radius 1 is 1.08 bits per heavy atom. The Labute approximate surface area is 245 Å². The van der Waals surface area contributed by atoms with Crippen LogP contribution in [-0.4, -0.2) is 22.2 Å². The Morgan fingerprint density at radius 3 is 2.39 bits per heavy atom. The van der Waals surface area contributed by atoms with E-state index in [0.29, 0.717) is 21.4 Å². The zero-order valence-electron chi connectivity index (χ0n) is 20.8. The smallest absolute Gasteiger partial charge is 0.488 e. The molecule has 4 aromatic rings. The molecule has 0 saturated carbocycles. The molecule has 38 heavy (non-hydrogen) atoms. The monoisotopic (exact) mass is 536 g/mol. The van der Waals surface area contributed by atoms with Gasteiger partial charge in [0.1, 0.15) is 18.2 Å². The van der Waals surface area contributed by atoms with Gasteiger partial charge in [-0.25, -0.2) is 4.39 Å². The van der Waals surface area contributed by atoms with Crippen molar-refractivity contribution in [3.63, 3.8) is 0 Å². The van der Waals surface area contributed by atoms with Gasteiger partial charge in [-0.15, -0.1) is 12.1 Å². The van der Waals surface area contributed by atoms with Crippen molar-refractivity contribution in [3.05, 3.63) is 113 Å². The number of fused-ring (bicyclic) bond motifs is 1. The summed E-state index contributed by atoms with van der Waals surface area (Å²) in [5.41, 5.74) is 1.93. The maximum Gasteiger partial charge on any atom is 1.00 e. The topological polar surface area (TPSA) is 88.0 Å². The number of halogens is 1. The molecule has 2 N–H and O–H groups in total. The minimum atomic E-state index is -0.833. The van der Waals surface area contributed by atoms with E-state index in [2.05, 4.69) is 16.4 Å². The number of rotatable bonds is 5. The fraction of sp³-hybridized carbons (Fsp3) is 0.0690. The third-order valence-corrected chi connectivity index (χ3v) is 6.00. The van der Waals surface area contributed by atoms with Crippen molar-refractivity contribution >= 4 is 51.3 Å². The summed E-state index contributed by atoms with van der Waals surface area (Å²) in [6.45, 7) is 1.16. The first kappa shape index (κ1) is 29.1. The minimum absolute atomic E-state index is 0. The molecule has 0 bridgehead atoms. The van der Waals surface area contributed by atoms with Crippen molar-refractivity contribution in [2.24, 2.45) is 4.99 Å². The number of amidine groups is 1. The average molecular weight is 537 g/mol. The maximum atomic E-state index is 14.1. The van der Waals surface area contributed by atoms with E-state index in [9.17, 15) is 9.18 Å². The summed E-state index contributed by atoms with van der Waals surface area (Å²) >= 11 is 1.26. The summed E-state index contributed by atoms with van der Waals surface area (Å²) in [7, 11) is 0. The molecule has 1 heterocycles. The molecule has 0 unspecified atom stereocenters. The molecular weight excluding hydrogens is 514 g/mol. The number of carboxylic acid groups (broad SMARTS) is 1. The Balaban J connectivity index is 0.000000749. The fourth-order valence-electron chi connectivity index (χ4n) is 3.44. The Bertz CT molecular complexity index is 1510. The molecule has 5 rings (SSSR count). The van der Waals surface area contributed by atoms with Gasteiger partial charge in [-0.2, -0.15) is 18.2 Å². The molecule has 0 atom stereocenters. The van der Waals surface area contributed by atoms with Gasteiger partial charge in [0.25, 0.3) is 11.9 Å². The normalized spacial score (nSPS) is 14.4. The molecule has 0 radical (unpaired) electrons. The number of aliphatic imine (C=N–C) groups is 1. The predicted molar refractivity (Wildman–Crippen MR) is 144 cm³/mol. The first-order chi connectivity index (χ1) is 17.9. The van der Waals surface area contributed by atoms with E-state index >= 15 is 0 Å². The van der Waals surface area contributed by atoms with Crippen molar-refractivity contribution in [2.45, 2.75) is 13.5 Å². The molecule has 1 aliphatic rings. The summed E-state index contributed by atoms with van der Waals surface area (Å²) in [4.78, 5) is 26.6. The van der Waals surface area contributed by atoms with Crippen LogP contribution in [0, 0.1) is 11.9 Å². The molecule has 6 nitrogen and oxygen atoms in total. The van der Waals surface area contributed by atoms with Crippen molar-refractivity contribution in [1.82, 2.24) is 5.32 Å². The Morgan fingerprint density at radius 2 is 1.71 bits per heavy atom. The number of carboxylic acids is 1. The molecule has 1 amide bonds. The number of benzene rings is 4. The third kappa shape index (κ3) is 8.03. The number of hydrogen-bond donors (Lipinski definition) is 2. The van der Waals surface area contributed by atoms with Crippen LogP contribution in [0.3, 0.4) is 0 Å². The minimum Gasteiger partial charge on any atom is -0.488 e. The molecule has 0 spiro atoms. The van der Waals surface area contributed by atoms with E-state index in [4.69, 9.17) is 14.6 Å². The van der Waals surface area contributed by atoms with Gasteiger partial charge in [-0.05, 0) is 52.5 Å². The number of nitrogens with one attached hydrogen (secondary N) is 1. The second-order valence-electron chi connectivity index (χ2n) is 7.88. The van der Waals surface area contributed by atoms with Gasteiger partial charge in [0.15, 0.2) is 5.17 Å². The Kier molecular flexibility index (Phi) is 10.7. The van der Waals surface area contributed by atoms with Gasteiger partial charge in [0, 0.05) is 18.1 Å². The van der Waals surface area contributed by atoms with Crippen LogP contribution in [0.2, 0.25) is 0 Å². The van der Waals surface area contributed by atoms with Crippen LogP contribution in [0.4, 0.5) is 10.1 Å². The van der Waals surface area contributed by atoms with Crippen molar-refractivity contribution in [3.8, 4) is 5.75 Å². The number of thioether (sulfide) groups is 1. The standard InChI is InChI=1S/C27H18FN2O2S.C2H4O2.Na/c28-23-13-7-6-10-20(23)17-32-24-15-19-9-5-4-8-18(19)14-21(24)16-25-26(31)30-27(33-25)29-22-11-2-1-3-12-22;1-2(3)4;/h2-16H,17H2,(H,29,30,31);1H3,(H,3,4);/q-1;;+1/b25-16+;;. The van der Waals surface area contributed by atoms with Gasteiger partial charge in [-0.3, -0.25) is 14.6 Å². The first-order valence-corrected chi connectivity index (χ1v) is 12.0. The van der Waals surface area contributed by atoms with E-state index in [1.54, 1.807) is 36.4 Å². The van der Waals surface area contributed by atoms with E-state index in [0.717, 1.165) is 28.9 Å². The van der Waals surface area contributed by atoms with Crippen molar-refractivity contribution in [2.75, 3.05) is 0 Å². The van der Waals surface area contributed by atoms with Crippen LogP contribution in [0.15, 0.2) is 94.8 Å². The second-order valence-corrected chi connectivity index (χ2v) is 8.91. The number of carbonyl (C=O) groups is 2. The summed E-state index contributed by atoms with van der Waals surface area (Å²) in [5.74, 6) is -0.806. The molecule has 4 aromatic carbocycles. The molecule has 0 aromatic heterocycles. The van der Waals surface area contributed by atoms with Crippen LogP contribution in [0.1, 0.15) is 18.1 Å². The maximum absolute atomic E-state index is 14.1. The summed E-state index contributed by atoms with van der Waals surface area (Å²) < 4.78 is 20.1. The zero-order valence-corrected chi connectivity index (χ0v) is 23.6. The fourth-order valence-corrected chi connectivity index (χ4v) is 4.27. The largest absolute Gasteiger partial charge is 1.00 e. The second kappa shape index (κ2) is 13.9. The quantitative estimate of drug-likeness (QED) is 0.232. The van der Waals surface area contributed by atoms with E-state index in [1.807, 2.05) is 48.5 Å². The molecule has 9 heteroatoms. The van der Waals surface area contributed by atoms with E-state index in [-0.39, 0.29) is 47.9 Å². The third-order valence-electron chi connectivity index (χ3n) is 5.09. The van der Waals surface area contributed by atoms with Crippen LogP contribution < -0.4 is 39.6 Å². The summed E-state index contributed by atoms with van der Waals surface area (Å²) in [6.07, 6.45) is 1.78. The number of carbonyl (C=O) groups excluding carboxylic acids is 1. The average Bonchev–Trinajstić information content (AvgIpc) is 3.22. The molecule has 1 aliphatic heterocycles. The SMILES string of the molecule is CC(=O)O.O=C1NC(=Nc2cc[c-]cc2)S/C1=C/c1cc2ccccc2cc1OCc1ccccc1F.[Na+]. The number of aliphatic carboxylic acids is 1. The molecule has 0 aliphatic carbocycles. The number of ether oxygens (including phenoxy) is 1. The van der Waals surface area contributed by atoms with Gasteiger partial charge in [0.2, 0.25) is 0 Å². The first-order valence-electron chi connectivity index (χ1n) is 11.2. The van der Waals surface area contributed by atoms with Gasteiger partial charge in [0.05, 0.1) is 4.91 Å². The van der Waals surface area contributed by atoms with Gasteiger partial charge < -0.3 is 15.2 Å². The van der Waals surface area contributed by atoms with Gasteiger partial charge in [-0.1, -0.05) is 42.5 Å². The van der Waals surface area contributed by atoms with Crippen LogP contribution in [0.25, 0.3) is 16.8 Å². The van der Waals surface area contributed by atoms with E-state index in [1.165, 1.54) is 17.8 Å². The summed E-state index contributed by atoms with van der Waals surface area (Å²) in [5, 5.41) is 12.7. The number of hydrogen-bond acceptors (Lipinski definition) is 5. The van der Waals surface area contributed by atoms with Gasteiger partial charge >= 0.3 is 29.6 Å². The molecule has 186 valence electrons. The van der Waals surface area contributed by atoms with Crippen molar-refractivity contribution < 1.29 is 53.4 Å². The molecule has 1 fully saturated rings. The molecular formula is C29H22FN2NaO4S. The summed E-state index contributed by atoms with van der Waals surface area (Å²) in [6, 6.07) is 28.4. The van der Waals surface area contributed by atoms with Crippen LogP contribution >= 0.6 is 11.8 Å². The predicted octanol–water partition coefficient (Wildman–Crippen LogP) is 3.34.